The number of nitrogens with zero attached hydrogens (tertiary/aromatic N) is 6. The summed E-state index contributed by atoms with van der Waals surface area (Å²) in [5, 5.41) is 23.4. The second-order valence-electron chi connectivity index (χ2n) is 12.9. The van der Waals surface area contributed by atoms with Crippen molar-refractivity contribution in [1.29, 1.82) is 0 Å². The fraction of sp³-hybridized carbons (Fsp3) is 0.316. The second-order valence-corrected chi connectivity index (χ2v) is 12.9. The Hall–Kier alpha value is -6.42. The smallest absolute Gasteiger partial charge is 0.322 e. The van der Waals surface area contributed by atoms with Crippen molar-refractivity contribution in [2.24, 2.45) is 0 Å². The number of amides is 6. The Morgan fingerprint density at radius 1 is 1.00 bits per heavy atom. The number of aromatic nitrogens is 3. The number of carbonyl (C=O) groups excluding carboxylic acids is 6. The van der Waals surface area contributed by atoms with Crippen LogP contribution in [-0.2, 0) is 29.4 Å². The van der Waals surface area contributed by atoms with Crippen molar-refractivity contribution in [3.05, 3.63) is 101 Å². The fourth-order valence-electron chi connectivity index (χ4n) is 6.23. The molecule has 3 heterocycles. The lowest BCUT2D eigenvalue weighted by molar-refractivity contribution is -0.149. The standard InChI is InChI=1S/C38H40N8O8/c1-3-4-18-44(20-24-8-10-25(11-9-24)32(48)22-47)38(53)40-26-12-14-28(15-13-26)54-23-45-21-27(41-42-45)19-39-30-7-5-6-29-34(30)37(52)46(35(29)50)31-16-17-33(49)43(2)36(31)51/h5-15,21,31,39,47H,3-4,16-20,22-23H2,1-2H3,(H,40,53). The molecule has 6 rings (SSSR count). The van der Waals surface area contributed by atoms with Gasteiger partial charge < -0.3 is 25.4 Å². The Morgan fingerprint density at radius 2 is 1.76 bits per heavy atom. The van der Waals surface area contributed by atoms with Gasteiger partial charge in [-0.25, -0.2) is 9.48 Å². The van der Waals surface area contributed by atoms with E-state index in [1.165, 1.54) is 17.8 Å². The molecule has 0 saturated carbocycles. The first-order valence-electron chi connectivity index (χ1n) is 17.5. The Morgan fingerprint density at radius 3 is 2.48 bits per heavy atom. The minimum Gasteiger partial charge on any atom is -0.471 e. The summed E-state index contributed by atoms with van der Waals surface area (Å²) in [7, 11) is 1.35. The lowest BCUT2D eigenvalue weighted by Gasteiger charge is -2.32. The maximum Gasteiger partial charge on any atom is 0.322 e. The van der Waals surface area contributed by atoms with E-state index in [-0.39, 0.29) is 55.0 Å². The predicted octanol–water partition coefficient (Wildman–Crippen LogP) is 3.68. The molecule has 0 aliphatic carbocycles. The number of hydrogen-bond acceptors (Lipinski definition) is 11. The summed E-state index contributed by atoms with van der Waals surface area (Å²) in [4.78, 5) is 80.0. The molecule has 16 heteroatoms. The van der Waals surface area contributed by atoms with Crippen LogP contribution in [0.2, 0.25) is 0 Å². The molecule has 3 N–H and O–H groups in total. The molecule has 54 heavy (non-hydrogen) atoms. The largest absolute Gasteiger partial charge is 0.471 e. The maximum absolute atomic E-state index is 13.5. The second kappa shape index (κ2) is 16.5. The van der Waals surface area contributed by atoms with Gasteiger partial charge in [0, 0.05) is 43.5 Å². The third-order valence-electron chi connectivity index (χ3n) is 9.26. The number of likely N-dealkylation sites (tertiary alicyclic amines) is 1. The van der Waals surface area contributed by atoms with E-state index in [0.29, 0.717) is 41.5 Å². The number of fused-ring (bicyclic) bond motifs is 1. The zero-order valence-electron chi connectivity index (χ0n) is 29.9. The fourth-order valence-corrected chi connectivity index (χ4v) is 6.23. The monoisotopic (exact) mass is 736 g/mol. The number of anilines is 2. The summed E-state index contributed by atoms with van der Waals surface area (Å²) in [6.07, 6.45) is 3.54. The van der Waals surface area contributed by atoms with Crippen LogP contribution in [0.25, 0.3) is 0 Å². The van der Waals surface area contributed by atoms with E-state index in [9.17, 15) is 28.8 Å². The van der Waals surface area contributed by atoms with Crippen LogP contribution in [0.5, 0.6) is 5.75 Å². The summed E-state index contributed by atoms with van der Waals surface area (Å²) in [5.74, 6) is -1.95. The maximum atomic E-state index is 13.5. The van der Waals surface area contributed by atoms with Crippen molar-refractivity contribution in [2.75, 3.05) is 30.8 Å². The summed E-state index contributed by atoms with van der Waals surface area (Å²) in [6, 6.07) is 17.3. The van der Waals surface area contributed by atoms with E-state index in [1.54, 1.807) is 71.8 Å². The molecular weight excluding hydrogens is 696 g/mol. The predicted molar refractivity (Wildman–Crippen MR) is 194 cm³/mol. The van der Waals surface area contributed by atoms with Crippen LogP contribution in [0.15, 0.2) is 72.9 Å². The molecule has 3 aromatic carbocycles. The number of ketones is 1. The number of imide groups is 2. The number of piperidine rings is 1. The number of Topliss-reactive ketones (excluding diaryl/α,β-unsaturated/α-hetero) is 1. The van der Waals surface area contributed by atoms with Gasteiger partial charge in [-0.05, 0) is 54.8 Å². The van der Waals surface area contributed by atoms with Gasteiger partial charge in [0.25, 0.3) is 17.7 Å². The lowest BCUT2D eigenvalue weighted by atomic mass is 10.0. The van der Waals surface area contributed by atoms with Gasteiger partial charge in [-0.15, -0.1) is 5.10 Å². The molecule has 0 bridgehead atoms. The number of benzene rings is 3. The number of nitrogens with one attached hydrogen (secondary N) is 2. The van der Waals surface area contributed by atoms with Crippen molar-refractivity contribution in [3.8, 4) is 5.75 Å². The summed E-state index contributed by atoms with van der Waals surface area (Å²) in [5.41, 5.74) is 3.12. The number of unbranched alkanes of at least 4 members (excludes halogenated alkanes) is 1. The van der Waals surface area contributed by atoms with Gasteiger partial charge in [0.05, 0.1) is 23.9 Å². The molecule has 2 aliphatic heterocycles. The number of aliphatic hydroxyl groups is 1. The Kier molecular flexibility index (Phi) is 11.4. The van der Waals surface area contributed by atoms with Crippen LogP contribution in [0.1, 0.15) is 74.9 Å². The molecule has 4 aromatic rings. The van der Waals surface area contributed by atoms with E-state index in [0.717, 1.165) is 28.2 Å². The molecule has 1 aromatic heterocycles. The average molecular weight is 737 g/mol. The van der Waals surface area contributed by atoms with Crippen molar-refractivity contribution < 1.29 is 38.6 Å². The van der Waals surface area contributed by atoms with E-state index in [4.69, 9.17) is 9.84 Å². The first-order chi connectivity index (χ1) is 26.1. The number of urea groups is 1. The molecular formula is C38H40N8O8. The van der Waals surface area contributed by atoms with Gasteiger partial charge in [0.2, 0.25) is 5.91 Å². The number of carbonyl (C=O) groups is 6. The summed E-state index contributed by atoms with van der Waals surface area (Å²) < 4.78 is 7.35. The van der Waals surface area contributed by atoms with Crippen LogP contribution >= 0.6 is 0 Å². The molecule has 1 unspecified atom stereocenters. The zero-order chi connectivity index (χ0) is 38.4. The van der Waals surface area contributed by atoms with Crippen molar-refractivity contribution in [1.82, 2.24) is 29.7 Å². The number of hydrogen-bond donors (Lipinski definition) is 3. The molecule has 0 spiro atoms. The molecule has 1 saturated heterocycles. The molecule has 280 valence electrons. The van der Waals surface area contributed by atoms with Crippen molar-refractivity contribution in [2.45, 2.75) is 58.5 Å². The molecule has 1 fully saturated rings. The summed E-state index contributed by atoms with van der Waals surface area (Å²) >= 11 is 0. The van der Waals surface area contributed by atoms with Crippen LogP contribution in [-0.4, -0.2) is 96.5 Å². The van der Waals surface area contributed by atoms with Crippen LogP contribution in [0.3, 0.4) is 0 Å². The van der Waals surface area contributed by atoms with Gasteiger partial charge in [0.15, 0.2) is 12.5 Å². The number of aliphatic hydroxyl groups excluding tert-OH is 1. The minimum absolute atomic E-state index is 0.0429. The highest BCUT2D eigenvalue weighted by molar-refractivity contribution is 6.25. The van der Waals surface area contributed by atoms with E-state index >= 15 is 0 Å². The van der Waals surface area contributed by atoms with Gasteiger partial charge in [0.1, 0.15) is 24.1 Å². The molecule has 0 radical (unpaired) electrons. The van der Waals surface area contributed by atoms with Gasteiger partial charge in [-0.3, -0.25) is 33.8 Å². The highest BCUT2D eigenvalue weighted by Gasteiger charge is 2.47. The van der Waals surface area contributed by atoms with Gasteiger partial charge in [-0.2, -0.15) is 0 Å². The molecule has 1 atom stereocenters. The van der Waals surface area contributed by atoms with E-state index in [2.05, 4.69) is 20.9 Å². The SMILES string of the molecule is CCCCN(Cc1ccc(C(=O)CO)cc1)C(=O)Nc1ccc(OCn2cc(CNc3cccc4c3C(=O)N(C3CCC(=O)N(C)C3=O)C4=O)nn2)cc1. The number of rotatable bonds is 15. The quantitative estimate of drug-likeness (QED) is 0.119. The van der Waals surface area contributed by atoms with E-state index < -0.39 is 30.4 Å². The Labute approximate surface area is 310 Å². The van der Waals surface area contributed by atoms with Gasteiger partial charge >= 0.3 is 6.03 Å². The minimum atomic E-state index is -1.04. The first-order valence-corrected chi connectivity index (χ1v) is 17.5. The molecule has 16 nitrogen and oxygen atoms in total. The zero-order valence-corrected chi connectivity index (χ0v) is 29.9. The van der Waals surface area contributed by atoms with Gasteiger partial charge in [-0.1, -0.05) is 48.9 Å². The first kappa shape index (κ1) is 37.3. The lowest BCUT2D eigenvalue weighted by Crippen LogP contribution is -2.54. The van der Waals surface area contributed by atoms with E-state index in [1.807, 2.05) is 6.92 Å². The summed E-state index contributed by atoms with van der Waals surface area (Å²) in [6.45, 7) is 2.61. The van der Waals surface area contributed by atoms with Crippen molar-refractivity contribution >= 4 is 46.8 Å². The average Bonchev–Trinajstić information content (AvgIpc) is 3.75. The number of likely N-dealkylation sites (N-methyl/N-ethyl adjacent to an activating group) is 1. The third kappa shape index (κ3) is 8.13. The highest BCUT2D eigenvalue weighted by atomic mass is 16.5. The topological polar surface area (TPSA) is 196 Å². The Bertz CT molecular complexity index is 2060. The highest BCUT2D eigenvalue weighted by Crippen LogP contribution is 2.33. The van der Waals surface area contributed by atoms with Crippen LogP contribution in [0.4, 0.5) is 16.2 Å². The molecule has 6 amide bonds. The van der Waals surface area contributed by atoms with Crippen LogP contribution < -0.4 is 15.4 Å². The normalized spacial score (nSPS) is 15.4. The van der Waals surface area contributed by atoms with Crippen molar-refractivity contribution in [3.63, 3.8) is 0 Å². The third-order valence-corrected chi connectivity index (χ3v) is 9.26. The number of ether oxygens (including phenoxy) is 1. The molecule has 2 aliphatic rings. The Balaban J connectivity index is 1.01. The van der Waals surface area contributed by atoms with Crippen LogP contribution in [0, 0.1) is 0 Å².